The Morgan fingerprint density at radius 1 is 1.18 bits per heavy atom. The zero-order chi connectivity index (χ0) is 12.3. The maximum Gasteiger partial charge on any atom is 0.0494 e. The Kier molecular flexibility index (Phi) is 4.33. The van der Waals surface area contributed by atoms with Crippen LogP contribution in [0.2, 0.25) is 0 Å². The summed E-state index contributed by atoms with van der Waals surface area (Å²) >= 11 is 6.01. The number of rotatable bonds is 3. The van der Waals surface area contributed by atoms with Crippen LogP contribution in [-0.2, 0) is 5.88 Å². The van der Waals surface area contributed by atoms with Gasteiger partial charge in [-0.2, -0.15) is 0 Å². The van der Waals surface area contributed by atoms with Gasteiger partial charge in [-0.05, 0) is 43.2 Å². The summed E-state index contributed by atoms with van der Waals surface area (Å²) in [5, 5.41) is 0. The van der Waals surface area contributed by atoms with Gasteiger partial charge in [0.2, 0.25) is 0 Å². The lowest BCUT2D eigenvalue weighted by Gasteiger charge is -2.36. The molecule has 17 heavy (non-hydrogen) atoms. The average molecular weight is 252 g/mol. The molecule has 0 radical (unpaired) electrons. The Labute approximate surface area is 110 Å². The van der Waals surface area contributed by atoms with Gasteiger partial charge in [-0.1, -0.05) is 25.1 Å². The second kappa shape index (κ2) is 5.77. The number of benzene rings is 1. The first-order valence-corrected chi connectivity index (χ1v) is 7.12. The molecule has 1 saturated carbocycles. The molecule has 1 nitrogen and oxygen atoms in total. The Bertz CT molecular complexity index is 356. The molecule has 1 fully saturated rings. The van der Waals surface area contributed by atoms with Crippen LogP contribution in [0.5, 0.6) is 0 Å². The number of alkyl halides is 1. The molecule has 0 amide bonds. The van der Waals surface area contributed by atoms with Crippen LogP contribution in [0, 0.1) is 5.92 Å². The van der Waals surface area contributed by atoms with Crippen molar-refractivity contribution in [3.8, 4) is 0 Å². The topological polar surface area (TPSA) is 3.24 Å². The van der Waals surface area contributed by atoms with Gasteiger partial charge in [0.05, 0.1) is 0 Å². The van der Waals surface area contributed by atoms with Crippen molar-refractivity contribution in [3.63, 3.8) is 0 Å². The van der Waals surface area contributed by atoms with Crippen LogP contribution in [0.3, 0.4) is 0 Å². The van der Waals surface area contributed by atoms with E-state index in [1.165, 1.54) is 36.9 Å². The lowest BCUT2D eigenvalue weighted by atomic mass is 9.86. The monoisotopic (exact) mass is 251 g/mol. The second-order valence-electron chi connectivity index (χ2n) is 5.29. The first-order chi connectivity index (χ1) is 8.22. The van der Waals surface area contributed by atoms with E-state index in [9.17, 15) is 0 Å². The van der Waals surface area contributed by atoms with E-state index in [-0.39, 0.29) is 0 Å². The van der Waals surface area contributed by atoms with Crippen LogP contribution in [0.1, 0.15) is 38.2 Å². The molecule has 1 aromatic rings. The molecule has 1 aliphatic rings. The second-order valence-corrected chi connectivity index (χ2v) is 5.55. The minimum Gasteiger partial charge on any atom is -0.371 e. The van der Waals surface area contributed by atoms with Crippen molar-refractivity contribution in [2.75, 3.05) is 11.9 Å². The van der Waals surface area contributed by atoms with E-state index in [1.54, 1.807) is 0 Å². The molecule has 0 spiro atoms. The molecule has 0 unspecified atom stereocenters. The highest BCUT2D eigenvalue weighted by Gasteiger charge is 2.22. The summed E-state index contributed by atoms with van der Waals surface area (Å²) in [6.45, 7) is 2.36. The van der Waals surface area contributed by atoms with E-state index in [0.29, 0.717) is 11.9 Å². The third-order valence-corrected chi connectivity index (χ3v) is 4.34. The summed E-state index contributed by atoms with van der Waals surface area (Å²) in [5.74, 6) is 1.51. The smallest absolute Gasteiger partial charge is 0.0494 e. The summed E-state index contributed by atoms with van der Waals surface area (Å²) < 4.78 is 0. The van der Waals surface area contributed by atoms with Gasteiger partial charge in [0, 0.05) is 24.7 Å². The minimum absolute atomic E-state index is 0.601. The highest BCUT2D eigenvalue weighted by atomic mass is 35.5. The van der Waals surface area contributed by atoms with Crippen molar-refractivity contribution in [2.24, 2.45) is 5.92 Å². The van der Waals surface area contributed by atoms with Crippen LogP contribution in [0.15, 0.2) is 24.3 Å². The van der Waals surface area contributed by atoms with Gasteiger partial charge >= 0.3 is 0 Å². The molecule has 2 heteroatoms. The van der Waals surface area contributed by atoms with E-state index < -0.39 is 0 Å². The van der Waals surface area contributed by atoms with E-state index >= 15 is 0 Å². The first-order valence-electron chi connectivity index (χ1n) is 6.59. The molecule has 0 N–H and O–H groups in total. The maximum absolute atomic E-state index is 6.01. The largest absolute Gasteiger partial charge is 0.371 e. The number of para-hydroxylation sites is 1. The van der Waals surface area contributed by atoms with Crippen LogP contribution in [0.4, 0.5) is 5.69 Å². The number of nitrogens with zero attached hydrogens (tertiary/aromatic N) is 1. The van der Waals surface area contributed by atoms with Crippen LogP contribution >= 0.6 is 11.6 Å². The predicted molar refractivity (Wildman–Crippen MR) is 75.8 cm³/mol. The van der Waals surface area contributed by atoms with E-state index in [1.807, 2.05) is 0 Å². The van der Waals surface area contributed by atoms with Gasteiger partial charge in [-0.3, -0.25) is 0 Å². The van der Waals surface area contributed by atoms with Gasteiger partial charge < -0.3 is 4.90 Å². The number of anilines is 1. The lowest BCUT2D eigenvalue weighted by Crippen LogP contribution is -2.35. The van der Waals surface area contributed by atoms with E-state index in [4.69, 9.17) is 11.6 Å². The molecule has 0 atom stereocenters. The summed E-state index contributed by atoms with van der Waals surface area (Å²) in [5.41, 5.74) is 2.55. The van der Waals surface area contributed by atoms with Crippen molar-refractivity contribution in [1.29, 1.82) is 0 Å². The summed E-state index contributed by atoms with van der Waals surface area (Å²) in [4.78, 5) is 2.43. The fourth-order valence-corrected chi connectivity index (χ4v) is 3.02. The van der Waals surface area contributed by atoms with Crippen molar-refractivity contribution >= 4 is 17.3 Å². The standard InChI is InChI=1S/C15H22ClN/c1-12-7-9-14(10-8-12)17(2)15-6-4-3-5-13(15)11-16/h3-6,12,14H,7-11H2,1-2H3. The lowest BCUT2D eigenvalue weighted by molar-refractivity contribution is 0.340. The summed E-state index contributed by atoms with van der Waals surface area (Å²) in [7, 11) is 2.21. The fourth-order valence-electron chi connectivity index (χ4n) is 2.79. The zero-order valence-electron chi connectivity index (χ0n) is 10.8. The molecular weight excluding hydrogens is 230 g/mol. The van der Waals surface area contributed by atoms with Crippen molar-refractivity contribution < 1.29 is 0 Å². The van der Waals surface area contributed by atoms with Gasteiger partial charge in [-0.25, -0.2) is 0 Å². The van der Waals surface area contributed by atoms with Gasteiger partial charge in [0.25, 0.3) is 0 Å². The van der Waals surface area contributed by atoms with Crippen LogP contribution in [-0.4, -0.2) is 13.1 Å². The predicted octanol–water partition coefficient (Wildman–Crippen LogP) is 4.44. The highest BCUT2D eigenvalue weighted by molar-refractivity contribution is 6.17. The van der Waals surface area contributed by atoms with Crippen molar-refractivity contribution in [2.45, 2.75) is 44.5 Å². The fraction of sp³-hybridized carbons (Fsp3) is 0.600. The van der Waals surface area contributed by atoms with Crippen LogP contribution < -0.4 is 4.90 Å². The SMILES string of the molecule is CC1CCC(N(C)c2ccccc2CCl)CC1. The third kappa shape index (κ3) is 2.95. The minimum atomic E-state index is 0.601. The number of halogens is 1. The molecule has 0 aromatic heterocycles. The quantitative estimate of drug-likeness (QED) is 0.718. The number of hydrogen-bond donors (Lipinski definition) is 0. The summed E-state index contributed by atoms with van der Waals surface area (Å²) in [6.07, 6.45) is 5.35. The maximum atomic E-state index is 6.01. The molecule has 0 bridgehead atoms. The van der Waals surface area contributed by atoms with E-state index in [2.05, 4.69) is 43.1 Å². The molecule has 1 aromatic carbocycles. The molecule has 0 saturated heterocycles. The zero-order valence-corrected chi connectivity index (χ0v) is 11.6. The molecule has 0 heterocycles. The van der Waals surface area contributed by atoms with E-state index in [0.717, 1.165) is 5.92 Å². The molecule has 2 rings (SSSR count). The highest BCUT2D eigenvalue weighted by Crippen LogP contribution is 2.31. The number of hydrogen-bond acceptors (Lipinski definition) is 1. The Balaban J connectivity index is 2.10. The molecule has 1 aliphatic carbocycles. The Morgan fingerprint density at radius 3 is 2.47 bits per heavy atom. The molecule has 94 valence electrons. The normalized spacial score (nSPS) is 24.6. The van der Waals surface area contributed by atoms with Crippen molar-refractivity contribution in [1.82, 2.24) is 0 Å². The Morgan fingerprint density at radius 2 is 1.82 bits per heavy atom. The third-order valence-electron chi connectivity index (χ3n) is 4.05. The molecular formula is C15H22ClN. The van der Waals surface area contributed by atoms with Crippen LogP contribution in [0.25, 0.3) is 0 Å². The van der Waals surface area contributed by atoms with Gasteiger partial charge in [0.15, 0.2) is 0 Å². The first kappa shape index (κ1) is 12.8. The van der Waals surface area contributed by atoms with Crippen molar-refractivity contribution in [3.05, 3.63) is 29.8 Å². The Hall–Kier alpha value is -0.690. The summed E-state index contributed by atoms with van der Waals surface area (Å²) in [6, 6.07) is 9.18. The molecule has 0 aliphatic heterocycles. The van der Waals surface area contributed by atoms with Gasteiger partial charge in [-0.15, -0.1) is 11.6 Å². The van der Waals surface area contributed by atoms with Gasteiger partial charge in [0.1, 0.15) is 0 Å². The average Bonchev–Trinajstić information content (AvgIpc) is 2.39.